The highest BCUT2D eigenvalue weighted by molar-refractivity contribution is 9.10. The molecule has 0 saturated carbocycles. The van der Waals surface area contributed by atoms with Gasteiger partial charge >= 0.3 is 0 Å². The van der Waals surface area contributed by atoms with Crippen LogP contribution in [-0.2, 0) is 4.79 Å². The van der Waals surface area contributed by atoms with Crippen LogP contribution < -0.4 is 10.6 Å². The summed E-state index contributed by atoms with van der Waals surface area (Å²) in [6.07, 6.45) is 0.241. The summed E-state index contributed by atoms with van der Waals surface area (Å²) in [5.74, 6) is -0.346. The van der Waals surface area contributed by atoms with Gasteiger partial charge in [-0.1, -0.05) is 27.5 Å². The second kappa shape index (κ2) is 7.09. The molecule has 0 radical (unpaired) electrons. The average molecular weight is 362 g/mol. The molecule has 2 N–H and O–H groups in total. The summed E-state index contributed by atoms with van der Waals surface area (Å²) in [5, 5.41) is 6.00. The Morgan fingerprint density at radius 2 is 1.90 bits per heavy atom. The third-order valence-corrected chi connectivity index (χ3v) is 2.95. The summed E-state index contributed by atoms with van der Waals surface area (Å²) in [5.41, 5.74) is 0.194. The first-order valence-corrected chi connectivity index (χ1v) is 7.40. The van der Waals surface area contributed by atoms with Crippen LogP contribution in [0.15, 0.2) is 22.7 Å². The van der Waals surface area contributed by atoms with Crippen LogP contribution in [-0.4, -0.2) is 23.9 Å². The van der Waals surface area contributed by atoms with Crippen LogP contribution in [0.25, 0.3) is 0 Å². The zero-order chi connectivity index (χ0) is 15.3. The third kappa shape index (κ3) is 6.39. The highest BCUT2D eigenvalue weighted by atomic mass is 79.9. The molecule has 20 heavy (non-hydrogen) atoms. The van der Waals surface area contributed by atoms with E-state index in [2.05, 4.69) is 26.6 Å². The molecule has 0 aliphatic heterocycles. The number of rotatable bonds is 4. The molecule has 0 fully saturated rings. The highest BCUT2D eigenvalue weighted by Gasteiger charge is 2.14. The molecule has 2 amide bonds. The molecule has 0 aliphatic carbocycles. The van der Waals surface area contributed by atoms with Crippen LogP contribution in [0.5, 0.6) is 0 Å². The molecular weight excluding hydrogens is 344 g/mol. The number of hydrogen-bond acceptors (Lipinski definition) is 2. The summed E-state index contributed by atoms with van der Waals surface area (Å²) in [7, 11) is 0. The van der Waals surface area contributed by atoms with E-state index in [1.807, 2.05) is 20.8 Å². The molecule has 1 aromatic rings. The third-order valence-electron chi connectivity index (χ3n) is 2.28. The quantitative estimate of drug-likeness (QED) is 0.865. The van der Waals surface area contributed by atoms with E-state index < -0.39 is 0 Å². The summed E-state index contributed by atoms with van der Waals surface area (Å²) in [6, 6.07) is 4.96. The lowest BCUT2D eigenvalue weighted by Crippen LogP contribution is -2.41. The SMILES string of the molecule is CC(C)(C)NC(=O)CCNC(=O)c1cc(Cl)cc(Br)c1. The Morgan fingerprint density at radius 1 is 1.25 bits per heavy atom. The van der Waals surface area contributed by atoms with E-state index in [4.69, 9.17) is 11.6 Å². The first-order chi connectivity index (χ1) is 9.17. The maximum atomic E-state index is 11.9. The predicted molar refractivity (Wildman–Crippen MR) is 84.0 cm³/mol. The van der Waals surface area contributed by atoms with E-state index in [-0.39, 0.29) is 30.3 Å². The van der Waals surface area contributed by atoms with Gasteiger partial charge in [-0.05, 0) is 39.0 Å². The normalized spacial score (nSPS) is 11.1. The van der Waals surface area contributed by atoms with Crippen LogP contribution in [0.2, 0.25) is 5.02 Å². The van der Waals surface area contributed by atoms with Gasteiger partial charge in [0.1, 0.15) is 0 Å². The zero-order valence-electron chi connectivity index (χ0n) is 11.7. The van der Waals surface area contributed by atoms with Crippen molar-refractivity contribution < 1.29 is 9.59 Å². The molecule has 0 aromatic heterocycles. The van der Waals surface area contributed by atoms with Crippen molar-refractivity contribution in [1.82, 2.24) is 10.6 Å². The molecule has 0 spiro atoms. The van der Waals surface area contributed by atoms with Crippen molar-refractivity contribution in [1.29, 1.82) is 0 Å². The Morgan fingerprint density at radius 3 is 2.45 bits per heavy atom. The van der Waals surface area contributed by atoms with Crippen LogP contribution in [0.1, 0.15) is 37.6 Å². The topological polar surface area (TPSA) is 58.2 Å². The van der Waals surface area contributed by atoms with Gasteiger partial charge in [-0.25, -0.2) is 0 Å². The molecule has 0 bridgehead atoms. The molecular formula is C14H18BrClN2O2. The van der Waals surface area contributed by atoms with E-state index in [0.29, 0.717) is 10.6 Å². The van der Waals surface area contributed by atoms with Gasteiger partial charge in [0.25, 0.3) is 5.91 Å². The molecule has 6 heteroatoms. The Balaban J connectivity index is 2.46. The lowest BCUT2D eigenvalue weighted by molar-refractivity contribution is -0.122. The summed E-state index contributed by atoms with van der Waals surface area (Å²) in [4.78, 5) is 23.5. The fraction of sp³-hybridized carbons (Fsp3) is 0.429. The second-order valence-electron chi connectivity index (χ2n) is 5.46. The number of hydrogen-bond donors (Lipinski definition) is 2. The second-order valence-corrected chi connectivity index (χ2v) is 6.81. The fourth-order valence-corrected chi connectivity index (χ4v) is 2.42. The molecule has 0 unspecified atom stereocenters. The number of nitrogens with one attached hydrogen (secondary N) is 2. The monoisotopic (exact) mass is 360 g/mol. The molecule has 4 nitrogen and oxygen atoms in total. The zero-order valence-corrected chi connectivity index (χ0v) is 14.1. The van der Waals surface area contributed by atoms with Crippen molar-refractivity contribution in [3.63, 3.8) is 0 Å². The summed E-state index contributed by atoms with van der Waals surface area (Å²) < 4.78 is 0.737. The molecule has 110 valence electrons. The van der Waals surface area contributed by atoms with Gasteiger partial charge in [-0.2, -0.15) is 0 Å². The average Bonchev–Trinajstić information content (AvgIpc) is 2.24. The van der Waals surface area contributed by atoms with Crippen LogP contribution in [0.4, 0.5) is 0 Å². The highest BCUT2D eigenvalue weighted by Crippen LogP contribution is 2.19. The number of halogens is 2. The van der Waals surface area contributed by atoms with Gasteiger partial charge in [0.15, 0.2) is 0 Å². The molecule has 1 aromatic carbocycles. The van der Waals surface area contributed by atoms with Crippen molar-refractivity contribution in [2.75, 3.05) is 6.54 Å². The van der Waals surface area contributed by atoms with Crippen molar-refractivity contribution >= 4 is 39.3 Å². The lowest BCUT2D eigenvalue weighted by Gasteiger charge is -2.20. The van der Waals surface area contributed by atoms with Crippen LogP contribution in [0.3, 0.4) is 0 Å². The van der Waals surface area contributed by atoms with Crippen LogP contribution >= 0.6 is 27.5 Å². The lowest BCUT2D eigenvalue weighted by atomic mass is 10.1. The number of amides is 2. The van der Waals surface area contributed by atoms with Gasteiger partial charge in [-0.3, -0.25) is 9.59 Å². The first kappa shape index (κ1) is 17.0. The summed E-state index contributed by atoms with van der Waals surface area (Å²) in [6.45, 7) is 6.01. The Hall–Kier alpha value is -1.07. The maximum absolute atomic E-state index is 11.9. The van der Waals surface area contributed by atoms with E-state index in [1.54, 1.807) is 18.2 Å². The van der Waals surface area contributed by atoms with Crippen molar-refractivity contribution in [3.05, 3.63) is 33.3 Å². The fourth-order valence-electron chi connectivity index (χ4n) is 1.56. The van der Waals surface area contributed by atoms with E-state index >= 15 is 0 Å². The van der Waals surface area contributed by atoms with E-state index in [0.717, 1.165) is 4.47 Å². The smallest absolute Gasteiger partial charge is 0.251 e. The van der Waals surface area contributed by atoms with Gasteiger partial charge in [0.05, 0.1) is 0 Å². The number of carbonyl (C=O) groups is 2. The standard InChI is InChI=1S/C14H18BrClN2O2/c1-14(2,3)18-12(19)4-5-17-13(20)9-6-10(15)8-11(16)7-9/h6-8H,4-5H2,1-3H3,(H,17,20)(H,18,19). The van der Waals surface area contributed by atoms with E-state index in [9.17, 15) is 9.59 Å². The van der Waals surface area contributed by atoms with E-state index in [1.165, 1.54) is 0 Å². The molecule has 0 heterocycles. The van der Waals surface area contributed by atoms with Crippen molar-refractivity contribution in [3.8, 4) is 0 Å². The Kier molecular flexibility index (Phi) is 6.02. The van der Waals surface area contributed by atoms with Gasteiger partial charge in [-0.15, -0.1) is 0 Å². The van der Waals surface area contributed by atoms with Gasteiger partial charge in [0, 0.05) is 33.6 Å². The van der Waals surface area contributed by atoms with Crippen LogP contribution in [0, 0.1) is 0 Å². The summed E-state index contributed by atoms with van der Waals surface area (Å²) >= 11 is 9.15. The Labute approximate surface area is 132 Å². The maximum Gasteiger partial charge on any atom is 0.251 e. The minimum atomic E-state index is -0.265. The largest absolute Gasteiger partial charge is 0.352 e. The van der Waals surface area contributed by atoms with Crippen molar-refractivity contribution in [2.45, 2.75) is 32.7 Å². The minimum Gasteiger partial charge on any atom is -0.352 e. The molecule has 1 rings (SSSR count). The Bertz CT molecular complexity index is 492. The van der Waals surface area contributed by atoms with Gasteiger partial charge in [0.2, 0.25) is 5.91 Å². The first-order valence-electron chi connectivity index (χ1n) is 6.23. The predicted octanol–water partition coefficient (Wildman–Crippen LogP) is 3.14. The van der Waals surface area contributed by atoms with Crippen molar-refractivity contribution in [2.24, 2.45) is 0 Å². The number of benzene rings is 1. The minimum absolute atomic E-state index is 0.0925. The molecule has 0 saturated heterocycles. The van der Waals surface area contributed by atoms with Gasteiger partial charge < -0.3 is 10.6 Å². The number of carbonyl (C=O) groups excluding carboxylic acids is 2. The molecule has 0 aliphatic rings. The molecule has 0 atom stereocenters.